The Kier molecular flexibility index (Phi) is 5.39. The zero-order chi connectivity index (χ0) is 19.5. The van der Waals surface area contributed by atoms with Crippen LogP contribution in [0.25, 0.3) is 10.9 Å². The summed E-state index contributed by atoms with van der Waals surface area (Å²) in [6.45, 7) is 4.89. The molecule has 1 aromatic heterocycles. The van der Waals surface area contributed by atoms with E-state index in [-0.39, 0.29) is 12.7 Å². The van der Waals surface area contributed by atoms with Crippen LogP contribution in [0.4, 0.5) is 0 Å². The van der Waals surface area contributed by atoms with Crippen molar-refractivity contribution in [3.63, 3.8) is 0 Å². The molecule has 144 valence electrons. The highest BCUT2D eigenvalue weighted by Crippen LogP contribution is 2.32. The summed E-state index contributed by atoms with van der Waals surface area (Å²) in [5.74, 6) is 1.79. The van der Waals surface area contributed by atoms with Gasteiger partial charge < -0.3 is 14.8 Å². The molecule has 0 radical (unpaired) electrons. The molecule has 0 fully saturated rings. The lowest BCUT2D eigenvalue weighted by atomic mass is 10.1. The monoisotopic (exact) mass is 394 g/mol. The van der Waals surface area contributed by atoms with Crippen molar-refractivity contribution in [2.75, 3.05) is 12.5 Å². The maximum atomic E-state index is 12.3. The third-order valence-electron chi connectivity index (χ3n) is 4.73. The highest BCUT2D eigenvalue weighted by molar-refractivity contribution is 7.99. The van der Waals surface area contributed by atoms with Gasteiger partial charge in [0, 0.05) is 11.9 Å². The van der Waals surface area contributed by atoms with Gasteiger partial charge in [0.2, 0.25) is 12.7 Å². The van der Waals surface area contributed by atoms with Crippen LogP contribution in [0.15, 0.2) is 47.5 Å². The maximum Gasteiger partial charge on any atom is 0.231 e. The fraction of sp³-hybridized carbons (Fsp3) is 0.273. The fourth-order valence-corrected chi connectivity index (χ4v) is 4.10. The first kappa shape index (κ1) is 18.6. The molecule has 0 saturated heterocycles. The van der Waals surface area contributed by atoms with Crippen LogP contribution in [0.1, 0.15) is 23.6 Å². The fourth-order valence-electron chi connectivity index (χ4n) is 3.19. The Hall–Kier alpha value is -2.73. The van der Waals surface area contributed by atoms with Gasteiger partial charge >= 0.3 is 0 Å². The van der Waals surface area contributed by atoms with E-state index in [1.165, 1.54) is 17.3 Å². The molecule has 0 bridgehead atoms. The second-order valence-corrected chi connectivity index (χ2v) is 7.67. The molecule has 0 unspecified atom stereocenters. The average Bonchev–Trinajstić information content (AvgIpc) is 3.18. The molecule has 1 aliphatic heterocycles. The van der Waals surface area contributed by atoms with Gasteiger partial charge in [-0.1, -0.05) is 43.0 Å². The van der Waals surface area contributed by atoms with Crippen molar-refractivity contribution < 1.29 is 14.3 Å². The second kappa shape index (κ2) is 8.10. The number of nitrogens with zero attached hydrogens (tertiary/aromatic N) is 1. The number of aryl methyl sites for hydroxylation is 2. The van der Waals surface area contributed by atoms with Gasteiger partial charge in [-0.25, -0.2) is 4.98 Å². The number of benzene rings is 2. The van der Waals surface area contributed by atoms with Crippen LogP contribution in [-0.4, -0.2) is 23.4 Å². The van der Waals surface area contributed by atoms with Gasteiger partial charge in [-0.15, -0.1) is 0 Å². The molecule has 1 N–H and O–H groups in total. The number of rotatable bonds is 6. The van der Waals surface area contributed by atoms with Gasteiger partial charge in [0.15, 0.2) is 11.5 Å². The van der Waals surface area contributed by atoms with Crippen molar-refractivity contribution in [2.45, 2.75) is 31.8 Å². The molecule has 1 amide bonds. The first-order valence-electron chi connectivity index (χ1n) is 9.31. The molecule has 2 heterocycles. The largest absolute Gasteiger partial charge is 0.454 e. The molecule has 2 aromatic carbocycles. The van der Waals surface area contributed by atoms with E-state index in [1.54, 1.807) is 0 Å². The molecule has 0 aliphatic carbocycles. The number of hydrogen-bond acceptors (Lipinski definition) is 5. The van der Waals surface area contributed by atoms with Crippen LogP contribution in [-0.2, 0) is 17.8 Å². The average molecular weight is 394 g/mol. The minimum absolute atomic E-state index is 0.0172. The van der Waals surface area contributed by atoms with Crippen LogP contribution in [0.3, 0.4) is 0 Å². The number of ether oxygens (including phenoxy) is 2. The Morgan fingerprint density at radius 2 is 2.04 bits per heavy atom. The Morgan fingerprint density at radius 1 is 1.18 bits per heavy atom. The molecule has 0 saturated carbocycles. The summed E-state index contributed by atoms with van der Waals surface area (Å²) < 4.78 is 10.7. The second-order valence-electron chi connectivity index (χ2n) is 6.71. The van der Waals surface area contributed by atoms with Crippen molar-refractivity contribution in [1.82, 2.24) is 10.3 Å². The Labute approximate surface area is 168 Å². The van der Waals surface area contributed by atoms with Crippen molar-refractivity contribution in [1.29, 1.82) is 0 Å². The van der Waals surface area contributed by atoms with Crippen molar-refractivity contribution >= 4 is 28.6 Å². The summed E-state index contributed by atoms with van der Waals surface area (Å²) >= 11 is 1.49. The molecule has 28 heavy (non-hydrogen) atoms. The van der Waals surface area contributed by atoms with Crippen LogP contribution in [0.2, 0.25) is 0 Å². The van der Waals surface area contributed by atoms with Crippen LogP contribution < -0.4 is 14.8 Å². The number of thioether (sulfide) groups is 1. The van der Waals surface area contributed by atoms with Gasteiger partial charge in [-0.3, -0.25) is 4.79 Å². The van der Waals surface area contributed by atoms with E-state index < -0.39 is 0 Å². The topological polar surface area (TPSA) is 60.5 Å². The molecule has 5 nitrogen and oxygen atoms in total. The van der Waals surface area contributed by atoms with Gasteiger partial charge in [0.1, 0.15) is 5.03 Å². The summed E-state index contributed by atoms with van der Waals surface area (Å²) in [4.78, 5) is 17.2. The number of nitrogens with one attached hydrogen (secondary N) is 1. The van der Waals surface area contributed by atoms with Crippen LogP contribution in [0.5, 0.6) is 11.5 Å². The molecule has 4 rings (SSSR count). The highest BCUT2D eigenvalue weighted by atomic mass is 32.2. The number of pyridine rings is 1. The van der Waals surface area contributed by atoms with Crippen molar-refractivity contribution in [3.05, 3.63) is 59.2 Å². The molecule has 0 atom stereocenters. The Morgan fingerprint density at radius 3 is 2.89 bits per heavy atom. The van der Waals surface area contributed by atoms with Crippen LogP contribution >= 0.6 is 11.8 Å². The molecule has 3 aromatic rings. The van der Waals surface area contributed by atoms with E-state index in [0.29, 0.717) is 12.3 Å². The van der Waals surface area contributed by atoms with E-state index in [9.17, 15) is 4.79 Å². The minimum atomic E-state index is -0.0172. The minimum Gasteiger partial charge on any atom is -0.454 e. The third-order valence-corrected chi connectivity index (χ3v) is 5.77. The summed E-state index contributed by atoms with van der Waals surface area (Å²) in [6, 6.07) is 14.1. The van der Waals surface area contributed by atoms with E-state index >= 15 is 0 Å². The lowest BCUT2D eigenvalue weighted by molar-refractivity contribution is -0.118. The van der Waals surface area contributed by atoms with E-state index in [4.69, 9.17) is 14.5 Å². The smallest absolute Gasteiger partial charge is 0.231 e. The molecule has 0 spiro atoms. The number of fused-ring (bicyclic) bond motifs is 2. The first-order chi connectivity index (χ1) is 13.6. The number of carbonyl (C=O) groups excluding carboxylic acids is 1. The summed E-state index contributed by atoms with van der Waals surface area (Å²) in [5.41, 5.74) is 4.31. The highest BCUT2D eigenvalue weighted by Gasteiger charge is 2.14. The number of para-hydroxylation sites is 1. The summed E-state index contributed by atoms with van der Waals surface area (Å²) in [6.07, 6.45) is 0.887. The normalized spacial score (nSPS) is 12.4. The number of aromatic nitrogens is 1. The van der Waals surface area contributed by atoms with Gasteiger partial charge in [-0.05, 0) is 48.2 Å². The molecular weight excluding hydrogens is 372 g/mol. The molecule has 1 aliphatic rings. The third kappa shape index (κ3) is 3.92. The van der Waals surface area contributed by atoms with Gasteiger partial charge in [-0.2, -0.15) is 0 Å². The zero-order valence-electron chi connectivity index (χ0n) is 16.0. The predicted octanol–water partition coefficient (Wildman–Crippen LogP) is 4.24. The lowest BCUT2D eigenvalue weighted by Crippen LogP contribution is -2.24. The Balaban J connectivity index is 1.39. The molecule has 6 heteroatoms. The maximum absolute atomic E-state index is 12.3. The van der Waals surface area contributed by atoms with Crippen LogP contribution in [0, 0.1) is 6.92 Å². The number of amides is 1. The Bertz CT molecular complexity index is 1040. The lowest BCUT2D eigenvalue weighted by Gasteiger charge is -2.11. The summed E-state index contributed by atoms with van der Waals surface area (Å²) in [5, 5.41) is 5.04. The van der Waals surface area contributed by atoms with E-state index in [0.717, 1.165) is 45.0 Å². The van der Waals surface area contributed by atoms with E-state index in [2.05, 4.69) is 43.4 Å². The molecular formula is C22H22N2O3S. The first-order valence-corrected chi connectivity index (χ1v) is 10.3. The zero-order valence-corrected chi connectivity index (χ0v) is 16.8. The van der Waals surface area contributed by atoms with E-state index in [1.807, 2.05) is 18.2 Å². The number of hydrogen-bond donors (Lipinski definition) is 1. The predicted molar refractivity (Wildman–Crippen MR) is 111 cm³/mol. The standard InChI is InChI=1S/C22H22N2O3S/c1-3-16-10-17-6-4-5-14(2)21(17)24-22(16)28-12-20(25)23-11-15-7-8-18-19(9-15)27-13-26-18/h4-10H,3,11-13H2,1-2H3,(H,23,25). The van der Waals surface area contributed by atoms with Crippen molar-refractivity contribution in [3.8, 4) is 11.5 Å². The quantitative estimate of drug-likeness (QED) is 0.634. The van der Waals surface area contributed by atoms with Gasteiger partial charge in [0.05, 0.1) is 11.3 Å². The number of carbonyl (C=O) groups is 1. The summed E-state index contributed by atoms with van der Waals surface area (Å²) in [7, 11) is 0. The van der Waals surface area contributed by atoms with Crippen molar-refractivity contribution in [2.24, 2.45) is 0 Å². The SMILES string of the molecule is CCc1cc2cccc(C)c2nc1SCC(=O)NCc1ccc2c(c1)OCO2. The van der Waals surface area contributed by atoms with Gasteiger partial charge in [0.25, 0.3) is 0 Å².